The highest BCUT2D eigenvalue weighted by atomic mass is 16.5. The van der Waals surface area contributed by atoms with E-state index in [9.17, 15) is 0 Å². The van der Waals surface area contributed by atoms with Crippen molar-refractivity contribution in [3.05, 3.63) is 59.7 Å². The normalized spacial score (nSPS) is 10.8. The zero-order valence-corrected chi connectivity index (χ0v) is 14.1. The lowest BCUT2D eigenvalue weighted by Crippen LogP contribution is -2.20. The molecule has 0 saturated carbocycles. The zero-order valence-electron chi connectivity index (χ0n) is 14.1. The third-order valence-electron chi connectivity index (χ3n) is 4.09. The summed E-state index contributed by atoms with van der Waals surface area (Å²) in [5, 5.41) is 0. The van der Waals surface area contributed by atoms with E-state index in [1.165, 1.54) is 11.1 Å². The highest BCUT2D eigenvalue weighted by molar-refractivity contribution is 5.32. The van der Waals surface area contributed by atoms with Gasteiger partial charge in [0.1, 0.15) is 11.5 Å². The Labute approximate surface area is 139 Å². The van der Waals surface area contributed by atoms with E-state index in [-0.39, 0.29) is 0 Å². The van der Waals surface area contributed by atoms with Crippen LogP contribution in [0.15, 0.2) is 48.5 Å². The minimum Gasteiger partial charge on any atom is -0.493 e. The first-order valence-electron chi connectivity index (χ1n) is 8.27. The number of benzene rings is 2. The molecule has 0 aromatic heterocycles. The fourth-order valence-corrected chi connectivity index (χ4v) is 2.49. The fourth-order valence-electron chi connectivity index (χ4n) is 2.49. The molecule has 0 aliphatic rings. The number of hydrogen-bond acceptors (Lipinski definition) is 3. The van der Waals surface area contributed by atoms with Crippen molar-refractivity contribution < 1.29 is 9.47 Å². The molecule has 0 fully saturated rings. The number of ether oxygens (including phenoxy) is 2. The minimum absolute atomic E-state index is 0.419. The van der Waals surface area contributed by atoms with Crippen molar-refractivity contribution in [1.82, 2.24) is 0 Å². The molecule has 2 rings (SSSR count). The van der Waals surface area contributed by atoms with Crippen molar-refractivity contribution in [2.45, 2.75) is 26.7 Å². The van der Waals surface area contributed by atoms with Crippen molar-refractivity contribution >= 4 is 0 Å². The average molecular weight is 313 g/mol. The molecule has 3 heteroatoms. The molecule has 2 aromatic rings. The summed E-state index contributed by atoms with van der Waals surface area (Å²) < 4.78 is 11.7. The molecule has 2 N–H and O–H groups in total. The van der Waals surface area contributed by atoms with Gasteiger partial charge in [-0.15, -0.1) is 0 Å². The molecule has 0 heterocycles. The molecule has 124 valence electrons. The molecule has 0 saturated heterocycles. The molecule has 23 heavy (non-hydrogen) atoms. The predicted octanol–water partition coefficient (Wildman–Crippen LogP) is 4.12. The first-order valence-corrected chi connectivity index (χ1v) is 8.27. The molecule has 2 aromatic carbocycles. The highest BCUT2D eigenvalue weighted by Gasteiger charge is 2.08. The number of nitrogens with two attached hydrogens (primary N) is 1. The molecule has 0 bridgehead atoms. The van der Waals surface area contributed by atoms with E-state index >= 15 is 0 Å². The van der Waals surface area contributed by atoms with Crippen molar-refractivity contribution in [2.75, 3.05) is 19.8 Å². The molecular formula is C20H27NO2. The zero-order chi connectivity index (χ0) is 16.5. The largest absolute Gasteiger partial charge is 0.493 e. The van der Waals surface area contributed by atoms with Crippen LogP contribution < -0.4 is 15.2 Å². The van der Waals surface area contributed by atoms with Crippen LogP contribution in [-0.2, 0) is 0 Å². The van der Waals surface area contributed by atoms with Crippen molar-refractivity contribution in [3.8, 4) is 11.5 Å². The lowest BCUT2D eigenvalue weighted by molar-refractivity contribution is 0.238. The highest BCUT2D eigenvalue weighted by Crippen LogP contribution is 2.19. The SMILES string of the molecule is Cc1ccccc1OCCC(CN)CCOc1ccccc1C. The van der Waals surface area contributed by atoms with Crippen LogP contribution in [0.25, 0.3) is 0 Å². The van der Waals surface area contributed by atoms with Gasteiger partial charge >= 0.3 is 0 Å². The smallest absolute Gasteiger partial charge is 0.122 e. The molecule has 0 radical (unpaired) electrons. The van der Waals surface area contributed by atoms with Gasteiger partial charge in [-0.05, 0) is 62.4 Å². The van der Waals surface area contributed by atoms with Gasteiger partial charge in [0.25, 0.3) is 0 Å². The Morgan fingerprint density at radius 3 is 1.61 bits per heavy atom. The van der Waals surface area contributed by atoms with E-state index in [4.69, 9.17) is 15.2 Å². The summed E-state index contributed by atoms with van der Waals surface area (Å²) in [5.74, 6) is 2.34. The molecule has 0 aliphatic heterocycles. The van der Waals surface area contributed by atoms with E-state index < -0.39 is 0 Å². The quantitative estimate of drug-likeness (QED) is 0.757. The second kappa shape index (κ2) is 9.21. The van der Waals surface area contributed by atoms with Crippen molar-refractivity contribution in [1.29, 1.82) is 0 Å². The molecule has 0 spiro atoms. The summed E-state index contributed by atoms with van der Waals surface area (Å²) in [5.41, 5.74) is 8.21. The average Bonchev–Trinajstić information content (AvgIpc) is 2.56. The topological polar surface area (TPSA) is 44.5 Å². The Balaban J connectivity index is 1.71. The maximum atomic E-state index is 5.88. The standard InChI is InChI=1S/C20H27NO2/c1-16-7-3-5-9-19(16)22-13-11-18(15-21)12-14-23-20-10-6-4-8-17(20)2/h3-10,18H,11-15,21H2,1-2H3. The summed E-state index contributed by atoms with van der Waals surface area (Å²) >= 11 is 0. The number of aryl methyl sites for hydroxylation is 2. The summed E-state index contributed by atoms with van der Waals surface area (Å²) in [7, 11) is 0. The second-order valence-corrected chi connectivity index (χ2v) is 5.91. The molecule has 0 amide bonds. The van der Waals surface area contributed by atoms with Gasteiger partial charge in [0.2, 0.25) is 0 Å². The molecule has 0 atom stereocenters. The Kier molecular flexibility index (Phi) is 6.95. The molecule has 3 nitrogen and oxygen atoms in total. The van der Waals surface area contributed by atoms with Crippen LogP contribution in [-0.4, -0.2) is 19.8 Å². The van der Waals surface area contributed by atoms with Crippen LogP contribution in [0.3, 0.4) is 0 Å². The lowest BCUT2D eigenvalue weighted by Gasteiger charge is -2.17. The van der Waals surface area contributed by atoms with E-state index in [1.54, 1.807) is 0 Å². The molecule has 0 unspecified atom stereocenters. The summed E-state index contributed by atoms with van der Waals surface area (Å²) in [4.78, 5) is 0. The van der Waals surface area contributed by atoms with E-state index in [0.717, 1.165) is 24.3 Å². The van der Waals surface area contributed by atoms with Gasteiger partial charge in [0.15, 0.2) is 0 Å². The van der Waals surface area contributed by atoms with Crippen LogP contribution in [0, 0.1) is 19.8 Å². The monoisotopic (exact) mass is 313 g/mol. The third kappa shape index (κ3) is 5.61. The lowest BCUT2D eigenvalue weighted by atomic mass is 10.0. The second-order valence-electron chi connectivity index (χ2n) is 5.91. The van der Waals surface area contributed by atoms with Crippen LogP contribution >= 0.6 is 0 Å². The number of hydrogen-bond donors (Lipinski definition) is 1. The number of para-hydroxylation sites is 2. The van der Waals surface area contributed by atoms with Gasteiger partial charge in [0.05, 0.1) is 13.2 Å². The molecular weight excluding hydrogens is 286 g/mol. The first-order chi connectivity index (χ1) is 11.2. The first kappa shape index (κ1) is 17.4. The minimum atomic E-state index is 0.419. The van der Waals surface area contributed by atoms with Crippen molar-refractivity contribution in [3.63, 3.8) is 0 Å². The summed E-state index contributed by atoms with van der Waals surface area (Å²) in [6.07, 6.45) is 1.89. The number of rotatable bonds is 9. The summed E-state index contributed by atoms with van der Waals surface area (Å²) in [6, 6.07) is 16.2. The Morgan fingerprint density at radius 1 is 0.783 bits per heavy atom. The Morgan fingerprint density at radius 2 is 1.22 bits per heavy atom. The summed E-state index contributed by atoms with van der Waals surface area (Å²) in [6.45, 7) is 6.17. The molecule has 0 aliphatic carbocycles. The van der Waals surface area contributed by atoms with Gasteiger partial charge in [0, 0.05) is 0 Å². The Bertz CT molecular complexity index is 546. The van der Waals surface area contributed by atoms with Crippen molar-refractivity contribution in [2.24, 2.45) is 11.7 Å². The van der Waals surface area contributed by atoms with Crippen LogP contribution in [0.1, 0.15) is 24.0 Å². The van der Waals surface area contributed by atoms with Gasteiger partial charge in [-0.25, -0.2) is 0 Å². The van der Waals surface area contributed by atoms with E-state index in [0.29, 0.717) is 25.7 Å². The van der Waals surface area contributed by atoms with E-state index in [2.05, 4.69) is 26.0 Å². The van der Waals surface area contributed by atoms with Gasteiger partial charge in [-0.3, -0.25) is 0 Å². The maximum Gasteiger partial charge on any atom is 0.122 e. The van der Waals surface area contributed by atoms with Gasteiger partial charge in [-0.2, -0.15) is 0 Å². The van der Waals surface area contributed by atoms with Gasteiger partial charge < -0.3 is 15.2 Å². The third-order valence-corrected chi connectivity index (χ3v) is 4.09. The Hall–Kier alpha value is -2.00. The van der Waals surface area contributed by atoms with Crippen LogP contribution in [0.2, 0.25) is 0 Å². The fraction of sp³-hybridized carbons (Fsp3) is 0.400. The maximum absolute atomic E-state index is 5.88. The van der Waals surface area contributed by atoms with E-state index in [1.807, 2.05) is 36.4 Å². The van der Waals surface area contributed by atoms with Gasteiger partial charge in [-0.1, -0.05) is 36.4 Å². The predicted molar refractivity (Wildman–Crippen MR) is 95.1 cm³/mol. The van der Waals surface area contributed by atoms with Crippen LogP contribution in [0.5, 0.6) is 11.5 Å². The van der Waals surface area contributed by atoms with Crippen LogP contribution in [0.4, 0.5) is 0 Å².